The molecule has 2 rings (SSSR count). The van der Waals surface area contributed by atoms with Crippen LogP contribution in [0.15, 0.2) is 18.2 Å². The highest BCUT2D eigenvalue weighted by Crippen LogP contribution is 2.40. The van der Waals surface area contributed by atoms with E-state index in [1.165, 1.54) is 5.56 Å². The number of rotatable bonds is 5. The normalized spacial score (nSPS) is 18.5. The van der Waals surface area contributed by atoms with Crippen molar-refractivity contribution in [2.45, 2.75) is 31.1 Å². The zero-order chi connectivity index (χ0) is 13.7. The molecule has 0 spiro atoms. The monoisotopic (exact) mass is 301 g/mol. The lowest BCUT2D eigenvalue weighted by Crippen LogP contribution is -2.34. The maximum atomic E-state index is 6.18. The Morgan fingerprint density at radius 1 is 1.21 bits per heavy atom. The highest BCUT2D eigenvalue weighted by molar-refractivity contribution is 6.42. The number of hydrogen-bond donors (Lipinski definition) is 1. The summed E-state index contributed by atoms with van der Waals surface area (Å²) in [4.78, 5) is 0. The van der Waals surface area contributed by atoms with Crippen LogP contribution in [0, 0.1) is 0 Å². The number of halogens is 2. The fraction of sp³-hybridized carbons (Fsp3) is 0.600. The molecule has 0 bridgehead atoms. The summed E-state index contributed by atoms with van der Waals surface area (Å²) in [6.45, 7) is 2.71. The van der Waals surface area contributed by atoms with Crippen LogP contribution < -0.4 is 5.32 Å². The van der Waals surface area contributed by atoms with Gasteiger partial charge in [-0.25, -0.2) is 0 Å². The molecule has 0 aliphatic carbocycles. The second-order valence-corrected chi connectivity index (χ2v) is 6.04. The second-order valence-electron chi connectivity index (χ2n) is 5.23. The highest BCUT2D eigenvalue weighted by Gasteiger charge is 2.34. The van der Waals surface area contributed by atoms with Gasteiger partial charge in [-0.1, -0.05) is 29.3 Å². The average Bonchev–Trinajstić information content (AvgIpc) is 2.43. The molecule has 106 valence electrons. The second kappa shape index (κ2) is 6.94. The fourth-order valence-corrected chi connectivity index (χ4v) is 3.17. The smallest absolute Gasteiger partial charge is 0.0595 e. The van der Waals surface area contributed by atoms with Crippen molar-refractivity contribution in [2.24, 2.45) is 0 Å². The number of benzene rings is 1. The summed E-state index contributed by atoms with van der Waals surface area (Å²) in [6.07, 6.45) is 4.45. The molecule has 1 saturated heterocycles. The molecule has 0 aromatic heterocycles. The van der Waals surface area contributed by atoms with Gasteiger partial charge in [0.05, 0.1) is 10.0 Å². The molecule has 0 atom stereocenters. The Bertz CT molecular complexity index is 417. The van der Waals surface area contributed by atoms with Crippen molar-refractivity contribution in [3.63, 3.8) is 0 Å². The minimum Gasteiger partial charge on any atom is -0.381 e. The van der Waals surface area contributed by atoms with E-state index < -0.39 is 0 Å². The predicted octanol–water partition coefficient (Wildman–Crippen LogP) is 4.04. The van der Waals surface area contributed by atoms with E-state index in [-0.39, 0.29) is 5.41 Å². The number of nitrogens with one attached hydrogen (secondary N) is 1. The molecular weight excluding hydrogens is 281 g/mol. The van der Waals surface area contributed by atoms with Crippen LogP contribution in [0.25, 0.3) is 0 Å². The molecule has 2 nitrogen and oxygen atoms in total. The van der Waals surface area contributed by atoms with E-state index in [1.807, 2.05) is 19.2 Å². The highest BCUT2D eigenvalue weighted by atomic mass is 35.5. The summed E-state index contributed by atoms with van der Waals surface area (Å²) in [5.41, 5.74) is 1.50. The molecule has 0 radical (unpaired) electrons. The van der Waals surface area contributed by atoms with Crippen LogP contribution in [0.4, 0.5) is 0 Å². The topological polar surface area (TPSA) is 21.3 Å². The molecule has 0 saturated carbocycles. The molecule has 1 heterocycles. The van der Waals surface area contributed by atoms with Gasteiger partial charge in [-0.05, 0) is 62.4 Å². The van der Waals surface area contributed by atoms with Crippen LogP contribution >= 0.6 is 23.2 Å². The Hall–Kier alpha value is -0.280. The molecule has 1 fully saturated rings. The molecule has 1 aromatic rings. The lowest BCUT2D eigenvalue weighted by Gasteiger charge is -2.38. The van der Waals surface area contributed by atoms with Gasteiger partial charge in [0.2, 0.25) is 0 Å². The van der Waals surface area contributed by atoms with Crippen molar-refractivity contribution in [3.8, 4) is 0 Å². The van der Waals surface area contributed by atoms with Crippen molar-refractivity contribution < 1.29 is 4.74 Å². The van der Waals surface area contributed by atoms with E-state index in [2.05, 4.69) is 11.4 Å². The Morgan fingerprint density at radius 2 is 1.95 bits per heavy atom. The van der Waals surface area contributed by atoms with Crippen molar-refractivity contribution in [1.29, 1.82) is 0 Å². The molecule has 1 aromatic carbocycles. The van der Waals surface area contributed by atoms with Gasteiger partial charge in [-0.3, -0.25) is 0 Å². The SMILES string of the molecule is CNCCCC1(c2ccc(Cl)c(Cl)c2)CCOCC1. The molecule has 1 N–H and O–H groups in total. The summed E-state index contributed by atoms with van der Waals surface area (Å²) < 4.78 is 5.53. The van der Waals surface area contributed by atoms with Crippen LogP contribution in [0.3, 0.4) is 0 Å². The van der Waals surface area contributed by atoms with Gasteiger partial charge in [-0.2, -0.15) is 0 Å². The Balaban J connectivity index is 2.22. The van der Waals surface area contributed by atoms with Gasteiger partial charge in [0.1, 0.15) is 0 Å². The van der Waals surface area contributed by atoms with Crippen molar-refractivity contribution in [3.05, 3.63) is 33.8 Å². The minimum atomic E-state index is 0.198. The number of hydrogen-bond acceptors (Lipinski definition) is 2. The van der Waals surface area contributed by atoms with Gasteiger partial charge >= 0.3 is 0 Å². The predicted molar refractivity (Wildman–Crippen MR) is 81.4 cm³/mol. The molecule has 1 aliphatic rings. The zero-order valence-electron chi connectivity index (χ0n) is 11.3. The Kier molecular flexibility index (Phi) is 5.52. The maximum Gasteiger partial charge on any atom is 0.0595 e. The van der Waals surface area contributed by atoms with Crippen LogP contribution in [-0.4, -0.2) is 26.8 Å². The third kappa shape index (κ3) is 3.63. The quantitative estimate of drug-likeness (QED) is 0.829. The maximum absolute atomic E-state index is 6.18. The standard InChI is InChI=1S/C15H21Cl2NO/c1-18-8-2-5-15(6-9-19-10-7-15)12-3-4-13(16)14(17)11-12/h3-4,11,18H,2,5-10H2,1H3. The molecular formula is C15H21Cl2NO. The van der Waals surface area contributed by atoms with Crippen molar-refractivity contribution in [2.75, 3.05) is 26.8 Å². The van der Waals surface area contributed by atoms with Crippen molar-refractivity contribution >= 4 is 23.2 Å². The summed E-state index contributed by atoms with van der Waals surface area (Å²) in [5.74, 6) is 0. The third-order valence-corrected chi connectivity index (χ3v) is 4.80. The first kappa shape index (κ1) is 15.1. The minimum absolute atomic E-state index is 0.198. The first-order chi connectivity index (χ1) is 9.18. The van der Waals surface area contributed by atoms with E-state index in [4.69, 9.17) is 27.9 Å². The van der Waals surface area contributed by atoms with E-state index >= 15 is 0 Å². The van der Waals surface area contributed by atoms with Crippen molar-refractivity contribution in [1.82, 2.24) is 5.32 Å². The summed E-state index contributed by atoms with van der Waals surface area (Å²) in [6, 6.07) is 6.07. The zero-order valence-corrected chi connectivity index (χ0v) is 12.9. The van der Waals surface area contributed by atoms with E-state index in [9.17, 15) is 0 Å². The van der Waals surface area contributed by atoms with Gasteiger partial charge in [0.15, 0.2) is 0 Å². The van der Waals surface area contributed by atoms with E-state index in [0.717, 1.165) is 45.4 Å². The first-order valence-electron chi connectivity index (χ1n) is 6.86. The molecule has 0 amide bonds. The molecule has 19 heavy (non-hydrogen) atoms. The van der Waals surface area contributed by atoms with Crippen LogP contribution in [-0.2, 0) is 10.2 Å². The molecule has 4 heteroatoms. The summed E-state index contributed by atoms with van der Waals surface area (Å²) in [5, 5.41) is 4.50. The Labute approximate surface area is 125 Å². The molecule has 1 aliphatic heterocycles. The average molecular weight is 302 g/mol. The van der Waals surface area contributed by atoms with Crippen LogP contribution in [0.5, 0.6) is 0 Å². The van der Waals surface area contributed by atoms with Crippen LogP contribution in [0.2, 0.25) is 10.0 Å². The van der Waals surface area contributed by atoms with E-state index in [1.54, 1.807) is 0 Å². The summed E-state index contributed by atoms with van der Waals surface area (Å²) in [7, 11) is 2.00. The number of ether oxygens (including phenoxy) is 1. The van der Waals surface area contributed by atoms with Gasteiger partial charge < -0.3 is 10.1 Å². The van der Waals surface area contributed by atoms with Gasteiger partial charge in [0.25, 0.3) is 0 Å². The molecule has 0 unspecified atom stereocenters. The first-order valence-corrected chi connectivity index (χ1v) is 7.61. The van der Waals surface area contributed by atoms with Gasteiger partial charge in [0, 0.05) is 13.2 Å². The van der Waals surface area contributed by atoms with Crippen LogP contribution in [0.1, 0.15) is 31.2 Å². The lowest BCUT2D eigenvalue weighted by atomic mass is 9.71. The fourth-order valence-electron chi connectivity index (χ4n) is 2.87. The largest absolute Gasteiger partial charge is 0.381 e. The lowest BCUT2D eigenvalue weighted by molar-refractivity contribution is 0.0461. The van der Waals surface area contributed by atoms with E-state index in [0.29, 0.717) is 10.0 Å². The van der Waals surface area contributed by atoms with Gasteiger partial charge in [-0.15, -0.1) is 0 Å². The Morgan fingerprint density at radius 3 is 2.58 bits per heavy atom. The third-order valence-electron chi connectivity index (χ3n) is 4.06. The summed E-state index contributed by atoms with van der Waals surface area (Å²) >= 11 is 12.2.